The molecule has 1 aliphatic rings. The maximum absolute atomic E-state index is 12.5. The SMILES string of the molecule is CCOc1ccccc1N1C[C@@H](C(=O)NCc2cccc(Cl)c2)CC1=O. The van der Waals surface area contributed by atoms with Crippen molar-refractivity contribution < 1.29 is 14.3 Å². The van der Waals surface area contributed by atoms with Crippen LogP contribution in [-0.2, 0) is 16.1 Å². The van der Waals surface area contributed by atoms with Crippen LogP contribution in [0.5, 0.6) is 5.75 Å². The molecule has 1 heterocycles. The number of halogens is 1. The fourth-order valence-electron chi connectivity index (χ4n) is 3.05. The van der Waals surface area contributed by atoms with Crippen molar-refractivity contribution in [1.29, 1.82) is 0 Å². The van der Waals surface area contributed by atoms with Crippen molar-refractivity contribution in [3.8, 4) is 5.75 Å². The van der Waals surface area contributed by atoms with Crippen LogP contribution < -0.4 is 15.0 Å². The Morgan fingerprint density at radius 2 is 2.08 bits per heavy atom. The van der Waals surface area contributed by atoms with Crippen molar-refractivity contribution in [3.63, 3.8) is 0 Å². The van der Waals surface area contributed by atoms with E-state index >= 15 is 0 Å². The summed E-state index contributed by atoms with van der Waals surface area (Å²) in [7, 11) is 0. The third kappa shape index (κ3) is 4.17. The Bertz CT molecular complexity index is 809. The molecule has 2 amide bonds. The summed E-state index contributed by atoms with van der Waals surface area (Å²) in [5, 5.41) is 3.52. The number of nitrogens with one attached hydrogen (secondary N) is 1. The summed E-state index contributed by atoms with van der Waals surface area (Å²) in [6.45, 7) is 3.15. The highest BCUT2D eigenvalue weighted by Crippen LogP contribution is 2.33. The number of ether oxygens (including phenoxy) is 1. The first-order chi connectivity index (χ1) is 12.6. The Balaban J connectivity index is 1.65. The maximum atomic E-state index is 12.5. The maximum Gasteiger partial charge on any atom is 0.227 e. The predicted molar refractivity (Wildman–Crippen MR) is 101 cm³/mol. The van der Waals surface area contributed by atoms with E-state index in [1.54, 1.807) is 11.0 Å². The summed E-state index contributed by atoms with van der Waals surface area (Å²) >= 11 is 5.96. The van der Waals surface area contributed by atoms with Gasteiger partial charge >= 0.3 is 0 Å². The zero-order valence-corrected chi connectivity index (χ0v) is 15.3. The highest BCUT2D eigenvalue weighted by Gasteiger charge is 2.36. The topological polar surface area (TPSA) is 58.6 Å². The zero-order valence-electron chi connectivity index (χ0n) is 14.6. The second kappa shape index (κ2) is 8.23. The predicted octanol–water partition coefficient (Wildman–Crippen LogP) is 3.41. The van der Waals surface area contributed by atoms with Crippen LogP contribution in [0.15, 0.2) is 48.5 Å². The van der Waals surface area contributed by atoms with Crippen molar-refractivity contribution >= 4 is 29.1 Å². The van der Waals surface area contributed by atoms with E-state index < -0.39 is 0 Å². The summed E-state index contributed by atoms with van der Waals surface area (Å²) in [4.78, 5) is 26.6. The number of carbonyl (C=O) groups is 2. The molecular formula is C20H21ClN2O3. The van der Waals surface area contributed by atoms with Crippen molar-refractivity contribution in [1.82, 2.24) is 5.32 Å². The number of anilines is 1. The molecule has 1 atom stereocenters. The molecule has 6 heteroatoms. The lowest BCUT2D eigenvalue weighted by molar-refractivity contribution is -0.126. The van der Waals surface area contributed by atoms with Crippen molar-refractivity contribution in [3.05, 3.63) is 59.1 Å². The van der Waals surface area contributed by atoms with Crippen LogP contribution in [0.3, 0.4) is 0 Å². The summed E-state index contributed by atoms with van der Waals surface area (Å²) < 4.78 is 5.60. The molecule has 1 aliphatic heterocycles. The number of para-hydroxylation sites is 2. The van der Waals surface area contributed by atoms with Gasteiger partial charge in [-0.2, -0.15) is 0 Å². The van der Waals surface area contributed by atoms with Gasteiger partial charge in [-0.1, -0.05) is 35.9 Å². The second-order valence-corrected chi connectivity index (χ2v) is 6.59. The van der Waals surface area contributed by atoms with Gasteiger partial charge in [0.2, 0.25) is 11.8 Å². The molecule has 1 saturated heterocycles. The van der Waals surface area contributed by atoms with E-state index in [4.69, 9.17) is 16.3 Å². The van der Waals surface area contributed by atoms with Crippen LogP contribution in [-0.4, -0.2) is 25.0 Å². The van der Waals surface area contributed by atoms with Crippen LogP contribution in [0.4, 0.5) is 5.69 Å². The Morgan fingerprint density at radius 1 is 1.27 bits per heavy atom. The van der Waals surface area contributed by atoms with Crippen LogP contribution in [0.2, 0.25) is 5.02 Å². The fourth-order valence-corrected chi connectivity index (χ4v) is 3.27. The minimum Gasteiger partial charge on any atom is -0.492 e. The molecule has 0 bridgehead atoms. The Morgan fingerprint density at radius 3 is 2.85 bits per heavy atom. The lowest BCUT2D eigenvalue weighted by atomic mass is 10.1. The van der Waals surface area contributed by atoms with Gasteiger partial charge in [0.25, 0.3) is 0 Å². The monoisotopic (exact) mass is 372 g/mol. The molecule has 5 nitrogen and oxygen atoms in total. The molecule has 0 aliphatic carbocycles. The van der Waals surface area contributed by atoms with E-state index in [0.29, 0.717) is 36.2 Å². The molecule has 0 radical (unpaired) electrons. The van der Waals surface area contributed by atoms with E-state index in [1.165, 1.54) is 0 Å². The van der Waals surface area contributed by atoms with E-state index in [-0.39, 0.29) is 24.2 Å². The average molecular weight is 373 g/mol. The molecular weight excluding hydrogens is 352 g/mol. The molecule has 136 valence electrons. The number of carbonyl (C=O) groups excluding carboxylic acids is 2. The third-order valence-electron chi connectivity index (χ3n) is 4.31. The highest BCUT2D eigenvalue weighted by molar-refractivity contribution is 6.30. The molecule has 0 spiro atoms. The number of hydrogen-bond donors (Lipinski definition) is 1. The standard InChI is InChI=1S/C20H21ClN2O3/c1-2-26-18-9-4-3-8-17(18)23-13-15(11-19(23)24)20(25)22-12-14-6-5-7-16(21)10-14/h3-10,15H,2,11-13H2,1H3,(H,22,25)/t15-/m0/s1. The first-order valence-corrected chi connectivity index (χ1v) is 9.00. The molecule has 26 heavy (non-hydrogen) atoms. The second-order valence-electron chi connectivity index (χ2n) is 6.15. The summed E-state index contributed by atoms with van der Waals surface area (Å²) in [6, 6.07) is 14.7. The Hall–Kier alpha value is -2.53. The normalized spacial score (nSPS) is 16.6. The molecule has 1 fully saturated rings. The number of nitrogens with zero attached hydrogens (tertiary/aromatic N) is 1. The van der Waals surface area contributed by atoms with Gasteiger partial charge in [-0.25, -0.2) is 0 Å². The van der Waals surface area contributed by atoms with Gasteiger partial charge in [0.1, 0.15) is 5.75 Å². The lowest BCUT2D eigenvalue weighted by Crippen LogP contribution is -2.32. The largest absolute Gasteiger partial charge is 0.492 e. The first kappa shape index (κ1) is 18.3. The van der Waals surface area contributed by atoms with Gasteiger partial charge in [-0.15, -0.1) is 0 Å². The van der Waals surface area contributed by atoms with E-state index in [2.05, 4.69) is 5.32 Å². The number of hydrogen-bond acceptors (Lipinski definition) is 3. The Kier molecular flexibility index (Phi) is 5.78. The molecule has 0 saturated carbocycles. The summed E-state index contributed by atoms with van der Waals surface area (Å²) in [6.07, 6.45) is 0.196. The zero-order chi connectivity index (χ0) is 18.5. The Labute approximate surface area is 157 Å². The first-order valence-electron chi connectivity index (χ1n) is 8.63. The summed E-state index contributed by atoms with van der Waals surface area (Å²) in [5.41, 5.74) is 1.64. The van der Waals surface area contributed by atoms with E-state index in [1.807, 2.05) is 49.4 Å². The number of benzene rings is 2. The highest BCUT2D eigenvalue weighted by atomic mass is 35.5. The van der Waals surface area contributed by atoms with Gasteiger partial charge in [0.05, 0.1) is 18.2 Å². The molecule has 1 N–H and O–H groups in total. The van der Waals surface area contributed by atoms with Gasteiger partial charge in [-0.3, -0.25) is 9.59 Å². The minimum absolute atomic E-state index is 0.0694. The molecule has 0 unspecified atom stereocenters. The van der Waals surface area contributed by atoms with Crippen molar-refractivity contribution in [2.45, 2.75) is 19.9 Å². The van der Waals surface area contributed by atoms with Gasteiger partial charge in [0.15, 0.2) is 0 Å². The number of rotatable bonds is 6. The van der Waals surface area contributed by atoms with E-state index in [9.17, 15) is 9.59 Å². The van der Waals surface area contributed by atoms with Crippen LogP contribution in [0.25, 0.3) is 0 Å². The van der Waals surface area contributed by atoms with Crippen molar-refractivity contribution in [2.24, 2.45) is 5.92 Å². The quantitative estimate of drug-likeness (QED) is 0.845. The van der Waals surface area contributed by atoms with Gasteiger partial charge in [0, 0.05) is 24.5 Å². The fraction of sp³-hybridized carbons (Fsp3) is 0.300. The molecule has 2 aromatic carbocycles. The van der Waals surface area contributed by atoms with Crippen LogP contribution >= 0.6 is 11.6 Å². The third-order valence-corrected chi connectivity index (χ3v) is 4.54. The minimum atomic E-state index is -0.378. The number of amides is 2. The van der Waals surface area contributed by atoms with Crippen LogP contribution in [0, 0.1) is 5.92 Å². The van der Waals surface area contributed by atoms with Gasteiger partial charge in [-0.05, 0) is 36.8 Å². The smallest absolute Gasteiger partial charge is 0.227 e. The molecule has 3 rings (SSSR count). The van der Waals surface area contributed by atoms with Crippen LogP contribution in [0.1, 0.15) is 18.9 Å². The van der Waals surface area contributed by atoms with E-state index in [0.717, 1.165) is 5.56 Å². The average Bonchev–Trinajstić information content (AvgIpc) is 3.02. The van der Waals surface area contributed by atoms with Gasteiger partial charge < -0.3 is 15.0 Å². The molecule has 2 aromatic rings. The van der Waals surface area contributed by atoms with Crippen molar-refractivity contribution in [2.75, 3.05) is 18.1 Å². The summed E-state index contributed by atoms with van der Waals surface area (Å²) in [5.74, 6) is 0.0782. The lowest BCUT2D eigenvalue weighted by Gasteiger charge is -2.20. The molecule has 0 aromatic heterocycles.